The SMILES string of the molecule is CC1(C)CCCC(C)(COCC[Si](C)(C)C)C1=O. The van der Waals surface area contributed by atoms with E-state index in [-0.39, 0.29) is 10.8 Å². The highest BCUT2D eigenvalue weighted by Crippen LogP contribution is 2.42. The van der Waals surface area contributed by atoms with Gasteiger partial charge in [-0.1, -0.05) is 46.8 Å². The van der Waals surface area contributed by atoms with Gasteiger partial charge < -0.3 is 4.74 Å². The summed E-state index contributed by atoms with van der Waals surface area (Å²) in [4.78, 5) is 12.5. The van der Waals surface area contributed by atoms with Crippen LogP contribution in [0.4, 0.5) is 0 Å². The first-order valence-corrected chi connectivity index (χ1v) is 10.9. The molecule has 0 spiro atoms. The summed E-state index contributed by atoms with van der Waals surface area (Å²) in [5, 5.41) is 0. The van der Waals surface area contributed by atoms with Crippen molar-refractivity contribution in [1.29, 1.82) is 0 Å². The molecule has 1 unspecified atom stereocenters. The molecule has 0 bridgehead atoms. The normalized spacial score (nSPS) is 28.4. The van der Waals surface area contributed by atoms with Crippen molar-refractivity contribution in [1.82, 2.24) is 0 Å². The number of hydrogen-bond donors (Lipinski definition) is 0. The van der Waals surface area contributed by atoms with Gasteiger partial charge in [0.2, 0.25) is 0 Å². The molecule has 0 saturated heterocycles. The first-order chi connectivity index (χ1) is 8.07. The third-order valence-electron chi connectivity index (χ3n) is 4.11. The second-order valence-electron chi connectivity index (χ2n) is 7.99. The molecule has 106 valence electrons. The molecule has 2 nitrogen and oxygen atoms in total. The molecule has 1 aliphatic carbocycles. The predicted molar refractivity (Wildman–Crippen MR) is 79.7 cm³/mol. The van der Waals surface area contributed by atoms with Crippen LogP contribution in [-0.4, -0.2) is 27.1 Å². The molecule has 1 aliphatic rings. The van der Waals surface area contributed by atoms with Gasteiger partial charge in [-0.3, -0.25) is 4.79 Å². The monoisotopic (exact) mass is 270 g/mol. The number of ketones is 1. The maximum absolute atomic E-state index is 12.5. The lowest BCUT2D eigenvalue weighted by Gasteiger charge is -2.40. The number of carbonyl (C=O) groups is 1. The van der Waals surface area contributed by atoms with Crippen LogP contribution in [0.5, 0.6) is 0 Å². The first-order valence-electron chi connectivity index (χ1n) is 7.20. The van der Waals surface area contributed by atoms with Gasteiger partial charge in [-0.05, 0) is 18.9 Å². The van der Waals surface area contributed by atoms with Crippen molar-refractivity contribution >= 4 is 13.9 Å². The molecule has 0 aliphatic heterocycles. The quantitative estimate of drug-likeness (QED) is 0.555. The van der Waals surface area contributed by atoms with Gasteiger partial charge in [-0.2, -0.15) is 0 Å². The van der Waals surface area contributed by atoms with E-state index in [1.807, 2.05) is 0 Å². The molecule has 1 fully saturated rings. The number of hydrogen-bond acceptors (Lipinski definition) is 2. The fourth-order valence-electron chi connectivity index (χ4n) is 2.78. The third-order valence-corrected chi connectivity index (χ3v) is 5.81. The number of ether oxygens (including phenoxy) is 1. The molecule has 1 atom stereocenters. The third kappa shape index (κ3) is 4.20. The molecule has 0 radical (unpaired) electrons. The van der Waals surface area contributed by atoms with E-state index >= 15 is 0 Å². The van der Waals surface area contributed by atoms with E-state index in [4.69, 9.17) is 4.74 Å². The zero-order valence-corrected chi connectivity index (χ0v) is 14.1. The largest absolute Gasteiger partial charge is 0.381 e. The molecular formula is C15H30O2Si. The van der Waals surface area contributed by atoms with Crippen LogP contribution in [0.3, 0.4) is 0 Å². The van der Waals surface area contributed by atoms with Crippen molar-refractivity contribution in [3.8, 4) is 0 Å². The van der Waals surface area contributed by atoms with Gasteiger partial charge in [0.15, 0.2) is 0 Å². The molecule has 0 N–H and O–H groups in total. The summed E-state index contributed by atoms with van der Waals surface area (Å²) < 4.78 is 5.83. The van der Waals surface area contributed by atoms with E-state index in [9.17, 15) is 4.79 Å². The van der Waals surface area contributed by atoms with Crippen molar-refractivity contribution in [3.05, 3.63) is 0 Å². The molecule has 0 aromatic carbocycles. The fourth-order valence-corrected chi connectivity index (χ4v) is 3.53. The summed E-state index contributed by atoms with van der Waals surface area (Å²) in [5.41, 5.74) is -0.406. The summed E-state index contributed by atoms with van der Waals surface area (Å²) in [7, 11) is -1.02. The van der Waals surface area contributed by atoms with Crippen molar-refractivity contribution < 1.29 is 9.53 Å². The Morgan fingerprint density at radius 2 is 1.78 bits per heavy atom. The van der Waals surface area contributed by atoms with E-state index < -0.39 is 8.07 Å². The molecule has 3 heteroatoms. The highest BCUT2D eigenvalue weighted by molar-refractivity contribution is 6.76. The van der Waals surface area contributed by atoms with Gasteiger partial charge in [0.05, 0.1) is 12.0 Å². The Balaban J connectivity index is 2.47. The first kappa shape index (κ1) is 15.9. The highest BCUT2D eigenvalue weighted by atomic mass is 28.3. The lowest BCUT2D eigenvalue weighted by atomic mass is 9.63. The van der Waals surface area contributed by atoms with Crippen LogP contribution < -0.4 is 0 Å². The van der Waals surface area contributed by atoms with Gasteiger partial charge in [0.25, 0.3) is 0 Å². The van der Waals surface area contributed by atoms with Crippen molar-refractivity contribution in [2.45, 2.75) is 65.7 Å². The van der Waals surface area contributed by atoms with E-state index in [0.717, 1.165) is 25.9 Å². The Bertz CT molecular complexity index is 304. The Labute approximate surface area is 113 Å². The second-order valence-corrected chi connectivity index (χ2v) is 13.6. The van der Waals surface area contributed by atoms with Gasteiger partial charge in [-0.25, -0.2) is 0 Å². The van der Waals surface area contributed by atoms with Crippen molar-refractivity contribution in [2.24, 2.45) is 10.8 Å². The summed E-state index contributed by atoms with van der Waals surface area (Å²) in [6, 6.07) is 1.18. The molecule has 18 heavy (non-hydrogen) atoms. The smallest absolute Gasteiger partial charge is 0.146 e. The summed E-state index contributed by atoms with van der Waals surface area (Å²) in [6.07, 6.45) is 3.16. The van der Waals surface area contributed by atoms with Gasteiger partial charge >= 0.3 is 0 Å². The van der Waals surface area contributed by atoms with Crippen LogP contribution >= 0.6 is 0 Å². The topological polar surface area (TPSA) is 26.3 Å². The number of carbonyl (C=O) groups excluding carboxylic acids is 1. The van der Waals surface area contributed by atoms with Crippen LogP contribution in [0.1, 0.15) is 40.0 Å². The molecule has 1 rings (SSSR count). The van der Waals surface area contributed by atoms with Crippen LogP contribution in [0.2, 0.25) is 25.7 Å². The van der Waals surface area contributed by atoms with E-state index in [0.29, 0.717) is 12.4 Å². The Morgan fingerprint density at radius 3 is 2.33 bits per heavy atom. The van der Waals surface area contributed by atoms with Crippen LogP contribution in [0.25, 0.3) is 0 Å². The predicted octanol–water partition coefficient (Wildman–Crippen LogP) is 4.13. The summed E-state index contributed by atoms with van der Waals surface area (Å²) >= 11 is 0. The van der Waals surface area contributed by atoms with E-state index in [1.165, 1.54) is 6.04 Å². The standard InChI is InChI=1S/C15H30O2Si/c1-14(2)8-7-9-15(3,13(14)16)12-17-10-11-18(4,5)6/h7-12H2,1-6H3. The summed E-state index contributed by atoms with van der Waals surface area (Å²) in [5.74, 6) is 0.397. The number of Topliss-reactive ketones (excluding diaryl/α,β-unsaturated/α-hetero) is 1. The molecule has 0 aromatic rings. The number of rotatable bonds is 5. The van der Waals surface area contributed by atoms with Crippen molar-refractivity contribution in [3.63, 3.8) is 0 Å². The maximum atomic E-state index is 12.5. The lowest BCUT2D eigenvalue weighted by Crippen LogP contribution is -2.45. The van der Waals surface area contributed by atoms with Gasteiger partial charge in [0, 0.05) is 20.1 Å². The average molecular weight is 270 g/mol. The highest BCUT2D eigenvalue weighted by Gasteiger charge is 2.45. The van der Waals surface area contributed by atoms with Crippen molar-refractivity contribution in [2.75, 3.05) is 13.2 Å². The molecule has 0 aromatic heterocycles. The minimum atomic E-state index is -1.02. The fraction of sp³-hybridized carbons (Fsp3) is 0.933. The average Bonchev–Trinajstić information content (AvgIpc) is 2.20. The van der Waals surface area contributed by atoms with Crippen LogP contribution in [-0.2, 0) is 9.53 Å². The van der Waals surface area contributed by atoms with Gasteiger partial charge in [-0.15, -0.1) is 0 Å². The van der Waals surface area contributed by atoms with Gasteiger partial charge in [0.1, 0.15) is 5.78 Å². The Kier molecular flexibility index (Phi) is 4.82. The maximum Gasteiger partial charge on any atom is 0.146 e. The Hall–Kier alpha value is -0.153. The van der Waals surface area contributed by atoms with Crippen LogP contribution in [0.15, 0.2) is 0 Å². The van der Waals surface area contributed by atoms with Crippen LogP contribution in [0, 0.1) is 10.8 Å². The second kappa shape index (κ2) is 5.46. The minimum absolute atomic E-state index is 0.158. The van der Waals surface area contributed by atoms with E-state index in [1.54, 1.807) is 0 Å². The molecular weight excluding hydrogens is 240 g/mol. The summed E-state index contributed by atoms with van der Waals surface area (Å²) in [6.45, 7) is 14.7. The molecule has 0 amide bonds. The lowest BCUT2D eigenvalue weighted by molar-refractivity contribution is -0.144. The Morgan fingerprint density at radius 1 is 1.17 bits per heavy atom. The zero-order chi connectivity index (χ0) is 14.0. The molecule has 1 saturated carbocycles. The minimum Gasteiger partial charge on any atom is -0.381 e. The molecule has 0 heterocycles. The zero-order valence-electron chi connectivity index (χ0n) is 13.1. The van der Waals surface area contributed by atoms with E-state index in [2.05, 4.69) is 40.4 Å².